The summed E-state index contributed by atoms with van der Waals surface area (Å²) < 4.78 is 31.9. The number of nitrogens with one attached hydrogen (secondary N) is 1. The lowest BCUT2D eigenvalue weighted by molar-refractivity contribution is 0.0603. The van der Waals surface area contributed by atoms with Crippen LogP contribution < -0.4 is 4.72 Å². The first-order valence-electron chi connectivity index (χ1n) is 6.60. The monoisotopic (exact) mass is 309 g/mol. The summed E-state index contributed by atoms with van der Waals surface area (Å²) in [6.45, 7) is 3.36. The predicted octanol–water partition coefficient (Wildman–Crippen LogP) is 1.86. The number of aryl methyl sites for hydroxylation is 1. The van der Waals surface area contributed by atoms with Crippen molar-refractivity contribution in [3.8, 4) is 0 Å². The molecule has 0 saturated carbocycles. The van der Waals surface area contributed by atoms with Crippen LogP contribution in [0, 0.1) is 6.92 Å². The summed E-state index contributed by atoms with van der Waals surface area (Å²) in [5.41, 5.74) is -0.242. The number of hydrogen-bond acceptors (Lipinski definition) is 4. The number of rotatable bonds is 6. The molecule has 0 fully saturated rings. The second-order valence-electron chi connectivity index (χ2n) is 5.39. The van der Waals surface area contributed by atoms with Crippen LogP contribution in [0.15, 0.2) is 52.0 Å². The molecule has 1 unspecified atom stereocenters. The molecule has 2 aromatic rings. The predicted molar refractivity (Wildman–Crippen MR) is 79.4 cm³/mol. The van der Waals surface area contributed by atoms with Gasteiger partial charge in [0, 0.05) is 13.0 Å². The van der Waals surface area contributed by atoms with E-state index in [1.54, 1.807) is 43.3 Å². The number of hydrogen-bond donors (Lipinski definition) is 2. The molecule has 1 aromatic carbocycles. The van der Waals surface area contributed by atoms with E-state index in [2.05, 4.69) is 4.72 Å². The molecular weight excluding hydrogens is 290 g/mol. The summed E-state index contributed by atoms with van der Waals surface area (Å²) in [6.07, 6.45) is 1.75. The van der Waals surface area contributed by atoms with Crippen LogP contribution in [0.25, 0.3) is 0 Å². The molecule has 0 aliphatic heterocycles. The van der Waals surface area contributed by atoms with Crippen LogP contribution in [0.2, 0.25) is 0 Å². The molecule has 0 aliphatic carbocycles. The fourth-order valence-corrected chi connectivity index (χ4v) is 3.06. The highest BCUT2D eigenvalue weighted by molar-refractivity contribution is 7.89. The summed E-state index contributed by atoms with van der Waals surface area (Å²) >= 11 is 0. The lowest BCUT2D eigenvalue weighted by Crippen LogP contribution is -2.42. The third-order valence-electron chi connectivity index (χ3n) is 3.11. The Kier molecular flexibility index (Phi) is 4.51. The zero-order chi connectivity index (χ0) is 15.5. The van der Waals surface area contributed by atoms with Crippen molar-refractivity contribution in [2.45, 2.75) is 30.8 Å². The van der Waals surface area contributed by atoms with Crippen LogP contribution in [0.3, 0.4) is 0 Å². The van der Waals surface area contributed by atoms with E-state index in [4.69, 9.17) is 4.42 Å². The molecule has 5 nitrogen and oxygen atoms in total. The van der Waals surface area contributed by atoms with Crippen LogP contribution in [0.5, 0.6) is 0 Å². The first kappa shape index (κ1) is 15.8. The van der Waals surface area contributed by atoms with Crippen LogP contribution >= 0.6 is 0 Å². The van der Waals surface area contributed by atoms with Gasteiger partial charge in [0.1, 0.15) is 5.76 Å². The minimum Gasteiger partial charge on any atom is -0.469 e. The minimum absolute atomic E-state index is 0.0933. The largest absolute Gasteiger partial charge is 0.469 e. The van der Waals surface area contributed by atoms with Gasteiger partial charge >= 0.3 is 0 Å². The van der Waals surface area contributed by atoms with Gasteiger partial charge in [0.2, 0.25) is 10.0 Å². The van der Waals surface area contributed by atoms with Gasteiger partial charge in [-0.15, -0.1) is 0 Å². The molecule has 0 aliphatic rings. The number of furan rings is 1. The Morgan fingerprint density at radius 3 is 2.48 bits per heavy atom. The fraction of sp³-hybridized carbons (Fsp3) is 0.333. The van der Waals surface area contributed by atoms with Crippen LogP contribution in [0.4, 0.5) is 0 Å². The standard InChI is InChI=1S/C15H19NO4S/c1-12-5-7-14(8-6-12)21(18,19)16-11-15(2,17)10-13-4-3-9-20-13/h3-9,16-17H,10-11H2,1-2H3. The maximum Gasteiger partial charge on any atom is 0.240 e. The van der Waals surface area contributed by atoms with Gasteiger partial charge in [-0.05, 0) is 38.1 Å². The highest BCUT2D eigenvalue weighted by Crippen LogP contribution is 2.15. The van der Waals surface area contributed by atoms with Gasteiger partial charge in [-0.2, -0.15) is 0 Å². The van der Waals surface area contributed by atoms with E-state index in [0.717, 1.165) is 5.56 Å². The number of aliphatic hydroxyl groups is 1. The van der Waals surface area contributed by atoms with Crippen molar-refractivity contribution in [3.05, 3.63) is 54.0 Å². The van der Waals surface area contributed by atoms with Gasteiger partial charge in [0.05, 0.1) is 16.8 Å². The lowest BCUT2D eigenvalue weighted by atomic mass is 10.0. The molecule has 0 amide bonds. The first-order chi connectivity index (χ1) is 9.78. The Morgan fingerprint density at radius 2 is 1.90 bits per heavy atom. The summed E-state index contributed by atoms with van der Waals surface area (Å²) in [6, 6.07) is 10.0. The minimum atomic E-state index is -3.63. The second-order valence-corrected chi connectivity index (χ2v) is 7.16. The highest BCUT2D eigenvalue weighted by atomic mass is 32.2. The third kappa shape index (κ3) is 4.42. The molecule has 1 aromatic heterocycles. The van der Waals surface area contributed by atoms with Crippen molar-refractivity contribution >= 4 is 10.0 Å². The van der Waals surface area contributed by atoms with E-state index in [-0.39, 0.29) is 17.9 Å². The van der Waals surface area contributed by atoms with Crippen molar-refractivity contribution in [2.24, 2.45) is 0 Å². The molecule has 0 bridgehead atoms. The zero-order valence-electron chi connectivity index (χ0n) is 12.0. The average Bonchev–Trinajstić information content (AvgIpc) is 2.89. The van der Waals surface area contributed by atoms with E-state index in [1.165, 1.54) is 6.26 Å². The van der Waals surface area contributed by atoms with E-state index in [1.807, 2.05) is 6.92 Å². The Labute approximate surface area is 124 Å². The molecule has 114 valence electrons. The van der Waals surface area contributed by atoms with Crippen molar-refractivity contribution in [1.29, 1.82) is 0 Å². The molecule has 0 spiro atoms. The Balaban J connectivity index is 2.02. The Morgan fingerprint density at radius 1 is 1.24 bits per heavy atom. The van der Waals surface area contributed by atoms with Crippen molar-refractivity contribution in [3.63, 3.8) is 0 Å². The molecule has 2 N–H and O–H groups in total. The molecule has 21 heavy (non-hydrogen) atoms. The topological polar surface area (TPSA) is 79.5 Å². The first-order valence-corrected chi connectivity index (χ1v) is 8.08. The van der Waals surface area contributed by atoms with E-state index in [9.17, 15) is 13.5 Å². The number of benzene rings is 1. The molecule has 1 heterocycles. The summed E-state index contributed by atoms with van der Waals surface area (Å²) in [5.74, 6) is 0.606. The number of sulfonamides is 1. The van der Waals surface area contributed by atoms with Gasteiger partial charge in [-0.25, -0.2) is 13.1 Å². The Hall–Kier alpha value is -1.63. The summed E-state index contributed by atoms with van der Waals surface area (Å²) in [4.78, 5) is 0.182. The van der Waals surface area contributed by atoms with Crippen molar-refractivity contribution in [1.82, 2.24) is 4.72 Å². The molecule has 0 radical (unpaired) electrons. The molecular formula is C15H19NO4S. The molecule has 0 saturated heterocycles. The van der Waals surface area contributed by atoms with Crippen LogP contribution in [0.1, 0.15) is 18.2 Å². The van der Waals surface area contributed by atoms with E-state index >= 15 is 0 Å². The van der Waals surface area contributed by atoms with Crippen molar-refractivity contribution < 1.29 is 17.9 Å². The summed E-state index contributed by atoms with van der Waals surface area (Å²) in [7, 11) is -3.63. The lowest BCUT2D eigenvalue weighted by Gasteiger charge is -2.22. The fourth-order valence-electron chi connectivity index (χ4n) is 1.90. The van der Waals surface area contributed by atoms with Crippen LogP contribution in [-0.2, 0) is 16.4 Å². The maximum atomic E-state index is 12.1. The van der Waals surface area contributed by atoms with Crippen LogP contribution in [-0.4, -0.2) is 25.7 Å². The van der Waals surface area contributed by atoms with Gasteiger partial charge < -0.3 is 9.52 Å². The molecule has 2 rings (SSSR count). The van der Waals surface area contributed by atoms with Crippen molar-refractivity contribution in [2.75, 3.05) is 6.54 Å². The van der Waals surface area contributed by atoms with Gasteiger partial charge in [-0.3, -0.25) is 0 Å². The second kappa shape index (κ2) is 6.01. The average molecular weight is 309 g/mol. The summed E-state index contributed by atoms with van der Waals surface area (Å²) in [5, 5.41) is 10.3. The van der Waals surface area contributed by atoms with Gasteiger partial charge in [0.15, 0.2) is 0 Å². The van der Waals surface area contributed by atoms with Gasteiger partial charge in [-0.1, -0.05) is 17.7 Å². The zero-order valence-corrected chi connectivity index (χ0v) is 12.9. The molecule has 6 heteroatoms. The molecule has 1 atom stereocenters. The normalized spacial score (nSPS) is 14.8. The van der Waals surface area contributed by atoms with E-state index < -0.39 is 15.6 Å². The Bertz CT molecular complexity index is 673. The van der Waals surface area contributed by atoms with Gasteiger partial charge in [0.25, 0.3) is 0 Å². The third-order valence-corrected chi connectivity index (χ3v) is 4.53. The van der Waals surface area contributed by atoms with E-state index in [0.29, 0.717) is 5.76 Å². The SMILES string of the molecule is Cc1ccc(S(=O)(=O)NCC(C)(O)Cc2ccco2)cc1. The highest BCUT2D eigenvalue weighted by Gasteiger charge is 2.25. The smallest absolute Gasteiger partial charge is 0.240 e. The maximum absolute atomic E-state index is 12.1. The quantitative estimate of drug-likeness (QED) is 0.853.